The van der Waals surface area contributed by atoms with Crippen molar-refractivity contribution in [1.29, 1.82) is 0 Å². The van der Waals surface area contributed by atoms with E-state index in [4.69, 9.17) is 4.42 Å². The van der Waals surface area contributed by atoms with E-state index >= 15 is 0 Å². The van der Waals surface area contributed by atoms with Crippen molar-refractivity contribution in [2.24, 2.45) is 0 Å². The van der Waals surface area contributed by atoms with Crippen molar-refractivity contribution in [2.75, 3.05) is 31.1 Å². The second-order valence-electron chi connectivity index (χ2n) is 6.82. The summed E-state index contributed by atoms with van der Waals surface area (Å²) in [7, 11) is -3.76. The molecule has 0 amide bonds. The van der Waals surface area contributed by atoms with Crippen LogP contribution >= 0.6 is 24.8 Å². The topological polar surface area (TPSA) is 75.4 Å². The van der Waals surface area contributed by atoms with Crippen molar-refractivity contribution in [3.63, 3.8) is 0 Å². The van der Waals surface area contributed by atoms with Crippen LogP contribution in [0.4, 0.5) is 6.01 Å². The van der Waals surface area contributed by atoms with Gasteiger partial charge in [-0.15, -0.1) is 24.8 Å². The number of hydrogen-bond acceptors (Lipinski definition) is 6. The molecular weight excluding hydrogens is 445 g/mol. The van der Waals surface area contributed by atoms with Crippen molar-refractivity contribution in [3.8, 4) is 0 Å². The second-order valence-corrected chi connectivity index (χ2v) is 8.70. The molecule has 1 N–H and O–H groups in total. The highest BCUT2D eigenvalue weighted by molar-refractivity contribution is 7.92. The van der Waals surface area contributed by atoms with Gasteiger partial charge < -0.3 is 14.6 Å². The summed E-state index contributed by atoms with van der Waals surface area (Å²) >= 11 is 0. The summed E-state index contributed by atoms with van der Waals surface area (Å²) < 4.78 is 33.0. The van der Waals surface area contributed by atoms with Gasteiger partial charge in [-0.25, -0.2) is 8.42 Å². The summed E-state index contributed by atoms with van der Waals surface area (Å²) in [6, 6.07) is 18.3. The molecule has 0 aliphatic carbocycles. The molecule has 1 aliphatic rings. The molecule has 0 atom stereocenters. The second kappa shape index (κ2) is 8.81. The Balaban J connectivity index is 0.00000128. The van der Waals surface area contributed by atoms with Crippen LogP contribution in [-0.2, 0) is 9.84 Å². The summed E-state index contributed by atoms with van der Waals surface area (Å²) in [5, 5.41) is 4.87. The highest BCUT2D eigenvalue weighted by atomic mass is 35.5. The maximum Gasteiger partial charge on any atom is 0.298 e. The van der Waals surface area contributed by atoms with Gasteiger partial charge in [0.25, 0.3) is 6.01 Å². The molecule has 4 aromatic rings. The maximum atomic E-state index is 13.5. The van der Waals surface area contributed by atoms with Crippen molar-refractivity contribution in [2.45, 2.75) is 9.79 Å². The molecule has 0 bridgehead atoms. The van der Waals surface area contributed by atoms with Crippen molar-refractivity contribution in [1.82, 2.24) is 10.3 Å². The first-order valence-electron chi connectivity index (χ1n) is 9.23. The van der Waals surface area contributed by atoms with Crippen LogP contribution in [0.25, 0.3) is 21.9 Å². The number of halogens is 2. The summed E-state index contributed by atoms with van der Waals surface area (Å²) in [6.07, 6.45) is 0. The summed E-state index contributed by atoms with van der Waals surface area (Å²) in [5.41, 5.74) is 0.860. The van der Waals surface area contributed by atoms with Crippen LogP contribution < -0.4 is 10.2 Å². The highest BCUT2D eigenvalue weighted by Gasteiger charge is 2.26. The third kappa shape index (κ3) is 3.74. The lowest BCUT2D eigenvalue weighted by molar-refractivity contribution is 0.517. The van der Waals surface area contributed by atoms with E-state index in [9.17, 15) is 8.42 Å². The van der Waals surface area contributed by atoms with Crippen LogP contribution in [-0.4, -0.2) is 39.6 Å². The van der Waals surface area contributed by atoms with Gasteiger partial charge in [0.15, 0.2) is 5.58 Å². The fourth-order valence-corrected chi connectivity index (χ4v) is 5.30. The number of piperazine rings is 1. The monoisotopic (exact) mass is 465 g/mol. The minimum atomic E-state index is -3.76. The molecule has 5 rings (SSSR count). The fraction of sp³-hybridized carbons (Fsp3) is 0.190. The summed E-state index contributed by atoms with van der Waals surface area (Å²) in [6.45, 7) is 3.25. The number of oxazole rings is 1. The number of rotatable bonds is 3. The van der Waals surface area contributed by atoms with Crippen molar-refractivity contribution < 1.29 is 12.8 Å². The number of hydrogen-bond donors (Lipinski definition) is 1. The fourth-order valence-electron chi connectivity index (χ4n) is 3.67. The number of aromatic nitrogens is 1. The van der Waals surface area contributed by atoms with Gasteiger partial charge in [-0.1, -0.05) is 42.5 Å². The smallest absolute Gasteiger partial charge is 0.298 e. The van der Waals surface area contributed by atoms with E-state index in [2.05, 4.69) is 10.3 Å². The average Bonchev–Trinajstić information content (AvgIpc) is 3.18. The van der Waals surface area contributed by atoms with Gasteiger partial charge in [-0.2, -0.15) is 4.98 Å². The third-order valence-electron chi connectivity index (χ3n) is 5.09. The lowest BCUT2D eigenvalue weighted by Crippen LogP contribution is -2.43. The van der Waals surface area contributed by atoms with Crippen LogP contribution in [0.1, 0.15) is 0 Å². The lowest BCUT2D eigenvalue weighted by Gasteiger charge is -2.25. The predicted molar refractivity (Wildman–Crippen MR) is 123 cm³/mol. The normalized spacial score (nSPS) is 14.3. The van der Waals surface area contributed by atoms with Crippen molar-refractivity contribution >= 4 is 62.5 Å². The molecule has 0 radical (unpaired) electrons. The van der Waals surface area contributed by atoms with E-state index in [-0.39, 0.29) is 34.6 Å². The van der Waals surface area contributed by atoms with Gasteiger partial charge in [0, 0.05) is 31.6 Å². The molecule has 30 heavy (non-hydrogen) atoms. The Kier molecular flexibility index (Phi) is 6.57. The molecule has 6 nitrogen and oxygen atoms in total. The van der Waals surface area contributed by atoms with Crippen LogP contribution in [0, 0.1) is 0 Å². The number of nitrogens with zero attached hydrogens (tertiary/aromatic N) is 2. The van der Waals surface area contributed by atoms with Gasteiger partial charge in [0.2, 0.25) is 9.84 Å². The molecule has 9 heteroatoms. The molecule has 1 fully saturated rings. The van der Waals surface area contributed by atoms with Crippen LogP contribution in [0.3, 0.4) is 0 Å². The van der Waals surface area contributed by atoms with E-state index in [0.717, 1.165) is 31.6 Å². The zero-order valence-electron chi connectivity index (χ0n) is 15.9. The molecule has 158 valence electrons. The van der Waals surface area contributed by atoms with E-state index in [0.29, 0.717) is 22.5 Å². The quantitative estimate of drug-likeness (QED) is 0.491. The van der Waals surface area contributed by atoms with E-state index in [1.54, 1.807) is 30.3 Å². The number of para-hydroxylation sites is 1. The van der Waals surface area contributed by atoms with E-state index < -0.39 is 9.84 Å². The van der Waals surface area contributed by atoms with E-state index in [1.165, 1.54) is 0 Å². The minimum absolute atomic E-state index is 0. The molecule has 1 aromatic heterocycles. The number of benzene rings is 3. The van der Waals surface area contributed by atoms with Gasteiger partial charge in [-0.05, 0) is 23.6 Å². The Morgan fingerprint density at radius 3 is 2.33 bits per heavy atom. The van der Waals surface area contributed by atoms with Gasteiger partial charge in [0.1, 0.15) is 10.4 Å². The Morgan fingerprint density at radius 2 is 1.53 bits per heavy atom. The van der Waals surface area contributed by atoms with Gasteiger partial charge >= 0.3 is 0 Å². The number of nitrogens with one attached hydrogen (secondary N) is 1. The first-order chi connectivity index (χ1) is 13.6. The Labute approximate surface area is 187 Å². The SMILES string of the molecule is Cl.Cl.O=S(=O)(c1cccc2ccccc12)c1cccc2oc(N3CCNCC3)nc12. The number of anilines is 1. The van der Waals surface area contributed by atoms with Crippen LogP contribution in [0.15, 0.2) is 74.9 Å². The van der Waals surface area contributed by atoms with E-state index in [1.807, 2.05) is 35.2 Å². The summed E-state index contributed by atoms with van der Waals surface area (Å²) in [5.74, 6) is 0. The van der Waals surface area contributed by atoms with Crippen LogP contribution in [0.5, 0.6) is 0 Å². The molecule has 2 heterocycles. The van der Waals surface area contributed by atoms with Gasteiger partial charge in [0.05, 0.1) is 4.90 Å². The Morgan fingerprint density at radius 1 is 0.867 bits per heavy atom. The highest BCUT2D eigenvalue weighted by Crippen LogP contribution is 2.33. The van der Waals surface area contributed by atoms with Crippen LogP contribution in [0.2, 0.25) is 0 Å². The predicted octanol–water partition coefficient (Wildman–Crippen LogP) is 4.07. The third-order valence-corrected chi connectivity index (χ3v) is 6.93. The molecule has 0 saturated carbocycles. The summed E-state index contributed by atoms with van der Waals surface area (Å²) in [4.78, 5) is 7.05. The molecular formula is C21H21Cl2N3O3S. The Bertz CT molecular complexity index is 1280. The molecule has 0 unspecified atom stereocenters. The molecule has 1 aliphatic heterocycles. The lowest BCUT2D eigenvalue weighted by atomic mass is 10.1. The zero-order valence-corrected chi connectivity index (χ0v) is 18.4. The Hall–Kier alpha value is -2.32. The molecule has 0 spiro atoms. The zero-order chi connectivity index (χ0) is 19.1. The number of sulfone groups is 1. The molecule has 1 saturated heterocycles. The average molecular weight is 466 g/mol. The number of fused-ring (bicyclic) bond motifs is 2. The largest absolute Gasteiger partial charge is 0.423 e. The van der Waals surface area contributed by atoms with Gasteiger partial charge in [-0.3, -0.25) is 0 Å². The van der Waals surface area contributed by atoms with Crippen molar-refractivity contribution in [3.05, 3.63) is 60.7 Å². The maximum absolute atomic E-state index is 13.5. The standard InChI is InChI=1S/C21H19N3O3S.2ClH/c25-28(26,18-9-3-6-15-5-1-2-7-16(15)18)19-10-4-8-17-20(19)23-21(27-17)24-13-11-22-12-14-24;;/h1-10,22H,11-14H2;2*1H. The first-order valence-corrected chi connectivity index (χ1v) is 10.7. The molecule has 3 aromatic carbocycles. The minimum Gasteiger partial charge on any atom is -0.423 e. The first kappa shape index (κ1) is 22.4.